The minimum Gasteiger partial charge on any atom is -0.493 e. The molecule has 1 aromatic heterocycles. The lowest BCUT2D eigenvalue weighted by Gasteiger charge is -2.33. The Labute approximate surface area is 116 Å². The molecule has 1 aromatic rings. The van der Waals surface area contributed by atoms with Crippen LogP contribution in [0.1, 0.15) is 26.7 Å². The first kappa shape index (κ1) is 14.1. The Morgan fingerprint density at radius 1 is 1.42 bits per heavy atom. The normalized spacial score (nSPS) is 16.9. The van der Waals surface area contributed by atoms with Crippen LogP contribution in [-0.2, 0) is 0 Å². The van der Waals surface area contributed by atoms with Crippen LogP contribution in [0.3, 0.4) is 0 Å². The van der Waals surface area contributed by atoms with Crippen molar-refractivity contribution < 1.29 is 4.74 Å². The molecule has 106 valence electrons. The molecule has 1 saturated heterocycles. The minimum atomic E-state index is 0.578. The van der Waals surface area contributed by atoms with Gasteiger partial charge in [0.1, 0.15) is 0 Å². The molecule has 0 spiro atoms. The Morgan fingerprint density at radius 3 is 2.79 bits per heavy atom. The topological polar surface area (TPSA) is 37.4 Å². The summed E-state index contributed by atoms with van der Waals surface area (Å²) in [4.78, 5) is 6.80. The van der Waals surface area contributed by atoms with Crippen molar-refractivity contribution in [2.24, 2.45) is 5.92 Å². The molecule has 1 fully saturated rings. The van der Waals surface area contributed by atoms with Crippen molar-refractivity contribution in [1.82, 2.24) is 10.3 Å². The Bertz CT molecular complexity index is 387. The maximum Gasteiger partial charge on any atom is 0.171 e. The van der Waals surface area contributed by atoms with E-state index in [4.69, 9.17) is 4.74 Å². The lowest BCUT2D eigenvalue weighted by Crippen LogP contribution is -2.39. The number of anilines is 1. The van der Waals surface area contributed by atoms with Crippen molar-refractivity contribution in [2.45, 2.75) is 32.7 Å². The monoisotopic (exact) mass is 263 g/mol. The molecule has 0 radical (unpaired) electrons. The first-order valence-electron chi connectivity index (χ1n) is 7.18. The molecule has 19 heavy (non-hydrogen) atoms. The standard InChI is InChI=1S/C15H25N3O/c1-12(2)17-11-13-6-9-18(10-7-13)15-14(19-3)5-4-8-16-15/h4-5,8,12-13,17H,6-7,9-11H2,1-3H3. The lowest BCUT2D eigenvalue weighted by atomic mass is 9.96. The fourth-order valence-corrected chi connectivity index (χ4v) is 2.53. The highest BCUT2D eigenvalue weighted by atomic mass is 16.5. The average molecular weight is 263 g/mol. The molecule has 0 amide bonds. The van der Waals surface area contributed by atoms with Crippen LogP contribution < -0.4 is 15.0 Å². The third kappa shape index (κ3) is 3.83. The van der Waals surface area contributed by atoms with Crippen LogP contribution in [0.25, 0.3) is 0 Å². The second-order valence-electron chi connectivity index (χ2n) is 5.52. The molecule has 0 aliphatic carbocycles. The lowest BCUT2D eigenvalue weighted by molar-refractivity contribution is 0.364. The van der Waals surface area contributed by atoms with Crippen LogP contribution in [0, 0.1) is 5.92 Å². The zero-order valence-electron chi connectivity index (χ0n) is 12.2. The van der Waals surface area contributed by atoms with Gasteiger partial charge in [0.15, 0.2) is 11.6 Å². The number of ether oxygens (including phenoxy) is 1. The largest absolute Gasteiger partial charge is 0.493 e. The number of piperidine rings is 1. The maximum atomic E-state index is 5.39. The highest BCUT2D eigenvalue weighted by Crippen LogP contribution is 2.28. The molecule has 4 heteroatoms. The fourth-order valence-electron chi connectivity index (χ4n) is 2.53. The highest BCUT2D eigenvalue weighted by Gasteiger charge is 2.22. The molecule has 0 unspecified atom stereocenters. The molecule has 0 saturated carbocycles. The van der Waals surface area contributed by atoms with Gasteiger partial charge in [-0.2, -0.15) is 0 Å². The van der Waals surface area contributed by atoms with E-state index >= 15 is 0 Å². The Morgan fingerprint density at radius 2 is 2.16 bits per heavy atom. The second-order valence-corrected chi connectivity index (χ2v) is 5.52. The first-order valence-corrected chi connectivity index (χ1v) is 7.18. The third-order valence-corrected chi connectivity index (χ3v) is 3.70. The summed E-state index contributed by atoms with van der Waals surface area (Å²) in [5.74, 6) is 2.65. The molecule has 1 aliphatic rings. The van der Waals surface area contributed by atoms with E-state index in [0.29, 0.717) is 6.04 Å². The smallest absolute Gasteiger partial charge is 0.171 e. The van der Waals surface area contributed by atoms with Gasteiger partial charge in [0.05, 0.1) is 7.11 Å². The van der Waals surface area contributed by atoms with Crippen molar-refractivity contribution in [1.29, 1.82) is 0 Å². The summed E-state index contributed by atoms with van der Waals surface area (Å²) in [6.45, 7) is 7.67. The first-order chi connectivity index (χ1) is 9.20. The highest BCUT2D eigenvalue weighted by molar-refractivity contribution is 5.52. The second kappa shape index (κ2) is 6.75. The summed E-state index contributed by atoms with van der Waals surface area (Å²) >= 11 is 0. The fraction of sp³-hybridized carbons (Fsp3) is 0.667. The number of nitrogens with one attached hydrogen (secondary N) is 1. The molecule has 0 bridgehead atoms. The zero-order valence-corrected chi connectivity index (χ0v) is 12.2. The van der Waals surface area contributed by atoms with Gasteiger partial charge < -0.3 is 15.0 Å². The van der Waals surface area contributed by atoms with Crippen LogP contribution in [0.2, 0.25) is 0 Å². The summed E-state index contributed by atoms with van der Waals surface area (Å²) < 4.78 is 5.39. The number of aromatic nitrogens is 1. The van der Waals surface area contributed by atoms with Crippen LogP contribution in [0.4, 0.5) is 5.82 Å². The third-order valence-electron chi connectivity index (χ3n) is 3.70. The van der Waals surface area contributed by atoms with Gasteiger partial charge in [0.25, 0.3) is 0 Å². The summed E-state index contributed by atoms with van der Waals surface area (Å²) in [6.07, 6.45) is 4.28. The van der Waals surface area contributed by atoms with Crippen molar-refractivity contribution >= 4 is 5.82 Å². The van der Waals surface area contributed by atoms with Crippen LogP contribution in [0.5, 0.6) is 5.75 Å². The van der Waals surface area contributed by atoms with Gasteiger partial charge >= 0.3 is 0 Å². The summed E-state index contributed by atoms with van der Waals surface area (Å²) in [7, 11) is 1.71. The van der Waals surface area contributed by atoms with Crippen molar-refractivity contribution in [2.75, 3.05) is 31.6 Å². The number of nitrogens with zero attached hydrogens (tertiary/aromatic N) is 2. The predicted octanol–water partition coefficient (Wildman–Crippen LogP) is 2.30. The maximum absolute atomic E-state index is 5.39. The summed E-state index contributed by atoms with van der Waals surface area (Å²) in [5.41, 5.74) is 0. The van der Waals surface area contributed by atoms with E-state index in [0.717, 1.165) is 37.1 Å². The van der Waals surface area contributed by atoms with Gasteiger partial charge in [0, 0.05) is 25.3 Å². The molecule has 2 rings (SSSR count). The molecule has 0 aromatic carbocycles. The Balaban J connectivity index is 1.89. The SMILES string of the molecule is COc1cccnc1N1CCC(CNC(C)C)CC1. The van der Waals surface area contributed by atoms with E-state index in [1.54, 1.807) is 7.11 Å². The summed E-state index contributed by atoms with van der Waals surface area (Å²) in [6, 6.07) is 4.48. The van der Waals surface area contributed by atoms with Gasteiger partial charge in [-0.15, -0.1) is 0 Å². The van der Waals surface area contributed by atoms with E-state index in [-0.39, 0.29) is 0 Å². The minimum absolute atomic E-state index is 0.578. The number of hydrogen-bond donors (Lipinski definition) is 1. The zero-order chi connectivity index (χ0) is 13.7. The van der Waals surface area contributed by atoms with E-state index in [1.807, 2.05) is 18.3 Å². The molecule has 1 aliphatic heterocycles. The van der Waals surface area contributed by atoms with Crippen molar-refractivity contribution in [3.63, 3.8) is 0 Å². The van der Waals surface area contributed by atoms with E-state index in [1.165, 1.54) is 12.8 Å². The molecular weight excluding hydrogens is 238 g/mol. The van der Waals surface area contributed by atoms with Gasteiger partial charge in [-0.05, 0) is 37.4 Å². The van der Waals surface area contributed by atoms with Gasteiger partial charge in [-0.25, -0.2) is 4.98 Å². The van der Waals surface area contributed by atoms with Crippen LogP contribution >= 0.6 is 0 Å². The van der Waals surface area contributed by atoms with Gasteiger partial charge in [-0.1, -0.05) is 13.8 Å². The molecule has 2 heterocycles. The number of methoxy groups -OCH3 is 1. The quantitative estimate of drug-likeness (QED) is 0.884. The summed E-state index contributed by atoms with van der Waals surface area (Å²) in [5, 5.41) is 3.53. The molecular formula is C15H25N3O. The average Bonchev–Trinajstić information content (AvgIpc) is 2.45. The Hall–Kier alpha value is -1.29. The number of rotatable bonds is 5. The van der Waals surface area contributed by atoms with Gasteiger partial charge in [0.2, 0.25) is 0 Å². The van der Waals surface area contributed by atoms with E-state index in [9.17, 15) is 0 Å². The molecule has 1 N–H and O–H groups in total. The Kier molecular flexibility index (Phi) is 5.02. The van der Waals surface area contributed by atoms with Crippen LogP contribution in [-0.4, -0.2) is 37.8 Å². The van der Waals surface area contributed by atoms with Crippen molar-refractivity contribution in [3.05, 3.63) is 18.3 Å². The van der Waals surface area contributed by atoms with Gasteiger partial charge in [-0.3, -0.25) is 0 Å². The predicted molar refractivity (Wildman–Crippen MR) is 78.9 cm³/mol. The van der Waals surface area contributed by atoms with Crippen LogP contribution in [0.15, 0.2) is 18.3 Å². The van der Waals surface area contributed by atoms with E-state index < -0.39 is 0 Å². The number of pyridine rings is 1. The molecule has 4 nitrogen and oxygen atoms in total. The van der Waals surface area contributed by atoms with Crippen molar-refractivity contribution in [3.8, 4) is 5.75 Å². The van der Waals surface area contributed by atoms with E-state index in [2.05, 4.69) is 29.0 Å². The number of hydrogen-bond acceptors (Lipinski definition) is 4. The molecule has 0 atom stereocenters.